The van der Waals surface area contributed by atoms with Gasteiger partial charge in [0, 0.05) is 6.20 Å². The zero-order valence-electron chi connectivity index (χ0n) is 10.2. The fourth-order valence-corrected chi connectivity index (χ4v) is 1.53. The van der Waals surface area contributed by atoms with Gasteiger partial charge < -0.3 is 9.47 Å². The third-order valence-electron chi connectivity index (χ3n) is 2.44. The molecule has 4 nitrogen and oxygen atoms in total. The molecule has 1 heterocycles. The van der Waals surface area contributed by atoms with Gasteiger partial charge in [0.25, 0.3) is 0 Å². The second-order valence-corrected chi connectivity index (χ2v) is 3.74. The van der Waals surface area contributed by atoms with E-state index in [1.807, 2.05) is 25.1 Å². The largest absolute Gasteiger partial charge is 0.493 e. The molecule has 0 aliphatic heterocycles. The van der Waals surface area contributed by atoms with Gasteiger partial charge >= 0.3 is 0 Å². The minimum atomic E-state index is 0.419. The van der Waals surface area contributed by atoms with E-state index < -0.39 is 0 Å². The molecule has 0 unspecified atom stereocenters. The van der Waals surface area contributed by atoms with Crippen LogP contribution in [-0.4, -0.2) is 12.1 Å². The standard InChI is InChI=1S/C14H12N2O2/c1-10-3-4-12(13(7-10)17-2)18-14-9-16-6-5-11(14)8-15/h3-7,9H,1-2H3. The highest BCUT2D eigenvalue weighted by atomic mass is 16.5. The molecule has 1 aromatic carbocycles. The van der Waals surface area contributed by atoms with Crippen molar-refractivity contribution >= 4 is 0 Å². The van der Waals surface area contributed by atoms with Crippen molar-refractivity contribution in [3.8, 4) is 23.3 Å². The summed E-state index contributed by atoms with van der Waals surface area (Å²) < 4.78 is 10.9. The van der Waals surface area contributed by atoms with Crippen LogP contribution >= 0.6 is 0 Å². The van der Waals surface area contributed by atoms with Crippen LogP contribution in [0.1, 0.15) is 11.1 Å². The summed E-state index contributed by atoms with van der Waals surface area (Å²) in [5, 5.41) is 8.98. The monoisotopic (exact) mass is 240 g/mol. The molecule has 0 aliphatic rings. The number of hydrogen-bond donors (Lipinski definition) is 0. The van der Waals surface area contributed by atoms with Crippen molar-refractivity contribution in [1.29, 1.82) is 5.26 Å². The van der Waals surface area contributed by atoms with Crippen molar-refractivity contribution in [1.82, 2.24) is 4.98 Å². The Bertz CT molecular complexity index is 603. The summed E-state index contributed by atoms with van der Waals surface area (Å²) in [7, 11) is 1.58. The fourth-order valence-electron chi connectivity index (χ4n) is 1.53. The number of nitrogens with zero attached hydrogens (tertiary/aromatic N) is 2. The van der Waals surface area contributed by atoms with Crippen LogP contribution in [0.25, 0.3) is 0 Å². The first-order valence-corrected chi connectivity index (χ1v) is 5.41. The van der Waals surface area contributed by atoms with Crippen LogP contribution in [0, 0.1) is 18.3 Å². The molecule has 18 heavy (non-hydrogen) atoms. The van der Waals surface area contributed by atoms with Crippen LogP contribution in [0.5, 0.6) is 17.2 Å². The van der Waals surface area contributed by atoms with E-state index in [1.54, 1.807) is 19.4 Å². The normalized spacial score (nSPS) is 9.61. The topological polar surface area (TPSA) is 55.1 Å². The van der Waals surface area contributed by atoms with E-state index in [0.29, 0.717) is 22.8 Å². The summed E-state index contributed by atoms with van der Waals surface area (Å²) >= 11 is 0. The number of benzene rings is 1. The van der Waals surface area contributed by atoms with Crippen LogP contribution in [0.3, 0.4) is 0 Å². The number of nitriles is 1. The molecule has 0 saturated heterocycles. The van der Waals surface area contributed by atoms with Crippen LogP contribution < -0.4 is 9.47 Å². The van der Waals surface area contributed by atoms with E-state index in [-0.39, 0.29) is 0 Å². The lowest BCUT2D eigenvalue weighted by molar-refractivity contribution is 0.377. The van der Waals surface area contributed by atoms with E-state index in [1.165, 1.54) is 6.20 Å². The van der Waals surface area contributed by atoms with E-state index in [4.69, 9.17) is 14.7 Å². The number of hydrogen-bond acceptors (Lipinski definition) is 4. The van der Waals surface area contributed by atoms with Crippen molar-refractivity contribution < 1.29 is 9.47 Å². The van der Waals surface area contributed by atoms with Crippen molar-refractivity contribution in [2.45, 2.75) is 6.92 Å². The summed E-state index contributed by atoms with van der Waals surface area (Å²) in [6, 6.07) is 9.26. The number of ether oxygens (including phenoxy) is 2. The zero-order valence-corrected chi connectivity index (χ0v) is 10.2. The number of rotatable bonds is 3. The highest BCUT2D eigenvalue weighted by Crippen LogP contribution is 2.33. The summed E-state index contributed by atoms with van der Waals surface area (Å²) in [5.74, 6) is 1.61. The Balaban J connectivity index is 2.37. The maximum atomic E-state index is 8.98. The lowest BCUT2D eigenvalue weighted by Crippen LogP contribution is -1.93. The fraction of sp³-hybridized carbons (Fsp3) is 0.143. The van der Waals surface area contributed by atoms with Gasteiger partial charge in [-0.2, -0.15) is 5.26 Å². The summed E-state index contributed by atoms with van der Waals surface area (Å²) in [4.78, 5) is 3.95. The molecule has 0 bridgehead atoms. The van der Waals surface area contributed by atoms with E-state index in [9.17, 15) is 0 Å². The van der Waals surface area contributed by atoms with Gasteiger partial charge in [-0.3, -0.25) is 4.98 Å². The van der Waals surface area contributed by atoms with Gasteiger partial charge in [-0.1, -0.05) is 6.07 Å². The van der Waals surface area contributed by atoms with Gasteiger partial charge in [-0.15, -0.1) is 0 Å². The van der Waals surface area contributed by atoms with Crippen LogP contribution in [0.15, 0.2) is 36.7 Å². The Morgan fingerprint density at radius 1 is 1.17 bits per heavy atom. The Kier molecular flexibility index (Phi) is 3.44. The average molecular weight is 240 g/mol. The molecular formula is C14H12N2O2. The van der Waals surface area contributed by atoms with Crippen LogP contribution in [0.2, 0.25) is 0 Å². The van der Waals surface area contributed by atoms with Crippen molar-refractivity contribution in [2.75, 3.05) is 7.11 Å². The molecule has 1 aromatic heterocycles. The first-order chi connectivity index (χ1) is 8.74. The smallest absolute Gasteiger partial charge is 0.169 e. The molecule has 90 valence electrons. The van der Waals surface area contributed by atoms with Gasteiger partial charge in [0.1, 0.15) is 6.07 Å². The zero-order chi connectivity index (χ0) is 13.0. The lowest BCUT2D eigenvalue weighted by Gasteiger charge is -2.11. The SMILES string of the molecule is COc1cc(C)ccc1Oc1cnccc1C#N. The van der Waals surface area contributed by atoms with Crippen molar-refractivity contribution in [3.05, 3.63) is 47.8 Å². The van der Waals surface area contributed by atoms with E-state index in [2.05, 4.69) is 11.1 Å². The first-order valence-electron chi connectivity index (χ1n) is 5.41. The Hall–Kier alpha value is -2.54. The molecule has 0 spiro atoms. The molecular weight excluding hydrogens is 228 g/mol. The van der Waals surface area contributed by atoms with Crippen LogP contribution in [-0.2, 0) is 0 Å². The predicted octanol–water partition coefficient (Wildman–Crippen LogP) is 3.06. The number of aromatic nitrogens is 1. The molecule has 0 fully saturated rings. The Morgan fingerprint density at radius 3 is 2.72 bits per heavy atom. The van der Waals surface area contributed by atoms with E-state index in [0.717, 1.165) is 5.56 Å². The Labute approximate surface area is 105 Å². The molecule has 2 aromatic rings. The molecule has 0 saturated carbocycles. The molecule has 0 amide bonds. The molecule has 4 heteroatoms. The molecule has 0 radical (unpaired) electrons. The van der Waals surface area contributed by atoms with Gasteiger partial charge in [0.2, 0.25) is 0 Å². The second-order valence-electron chi connectivity index (χ2n) is 3.74. The Morgan fingerprint density at radius 2 is 2.00 bits per heavy atom. The number of aryl methyl sites for hydroxylation is 1. The highest BCUT2D eigenvalue weighted by Gasteiger charge is 2.09. The van der Waals surface area contributed by atoms with Gasteiger partial charge in [0.05, 0.1) is 18.9 Å². The third kappa shape index (κ3) is 2.41. The summed E-state index contributed by atoms with van der Waals surface area (Å²) in [6.07, 6.45) is 3.07. The maximum Gasteiger partial charge on any atom is 0.169 e. The molecule has 2 rings (SSSR count). The molecule has 0 aliphatic carbocycles. The highest BCUT2D eigenvalue weighted by molar-refractivity contribution is 5.48. The predicted molar refractivity (Wildman–Crippen MR) is 66.8 cm³/mol. The molecule has 0 N–H and O–H groups in total. The minimum absolute atomic E-state index is 0.419. The lowest BCUT2D eigenvalue weighted by atomic mass is 10.2. The summed E-state index contributed by atoms with van der Waals surface area (Å²) in [6.45, 7) is 1.97. The number of pyridine rings is 1. The van der Waals surface area contributed by atoms with Gasteiger partial charge in [-0.05, 0) is 30.7 Å². The number of methoxy groups -OCH3 is 1. The van der Waals surface area contributed by atoms with Crippen molar-refractivity contribution in [3.63, 3.8) is 0 Å². The minimum Gasteiger partial charge on any atom is -0.493 e. The van der Waals surface area contributed by atoms with Gasteiger partial charge in [-0.25, -0.2) is 0 Å². The second kappa shape index (κ2) is 5.19. The van der Waals surface area contributed by atoms with Gasteiger partial charge in [0.15, 0.2) is 17.2 Å². The first kappa shape index (κ1) is 11.9. The maximum absolute atomic E-state index is 8.98. The molecule has 0 atom stereocenters. The van der Waals surface area contributed by atoms with Crippen LogP contribution in [0.4, 0.5) is 0 Å². The summed E-state index contributed by atoms with van der Waals surface area (Å²) in [5.41, 5.74) is 1.51. The quantitative estimate of drug-likeness (QED) is 0.827. The average Bonchev–Trinajstić information content (AvgIpc) is 2.41. The van der Waals surface area contributed by atoms with Crippen molar-refractivity contribution in [2.24, 2.45) is 0 Å². The van der Waals surface area contributed by atoms with E-state index >= 15 is 0 Å². The third-order valence-corrected chi connectivity index (χ3v) is 2.44.